The smallest absolute Gasteiger partial charge is 0.264 e. The predicted molar refractivity (Wildman–Crippen MR) is 327 cm³/mol. The third-order valence-electron chi connectivity index (χ3n) is 19.9. The molecule has 0 spiro atoms. The van der Waals surface area contributed by atoms with Crippen LogP contribution < -0.4 is 25.5 Å². The lowest BCUT2D eigenvalue weighted by Crippen LogP contribution is -2.60. The topological polar surface area (TPSA) is 6.48 Å². The van der Waals surface area contributed by atoms with Crippen LogP contribution in [0.3, 0.4) is 0 Å². The molecule has 3 aliphatic carbocycles. The summed E-state index contributed by atoms with van der Waals surface area (Å²) in [5, 5.41) is 1.40. The van der Waals surface area contributed by atoms with Crippen LogP contribution in [0.1, 0.15) is 172 Å². The second kappa shape index (κ2) is 16.1. The van der Waals surface area contributed by atoms with Crippen LogP contribution in [-0.2, 0) is 32.5 Å². The van der Waals surface area contributed by atoms with Crippen LogP contribution in [0.2, 0.25) is 0 Å². The zero-order chi connectivity index (χ0) is 52.7. The minimum Gasteiger partial charge on any atom is -0.311 e. The molecule has 0 atom stereocenters. The first-order valence-corrected chi connectivity index (χ1v) is 29.1. The predicted octanol–water partition coefficient (Wildman–Crippen LogP) is 18.3. The fourth-order valence-electron chi connectivity index (χ4n) is 15.0. The lowest BCUT2D eigenvalue weighted by atomic mass is 9.36. The zero-order valence-corrected chi connectivity index (χ0v) is 48.5. The summed E-state index contributed by atoms with van der Waals surface area (Å²) in [7, 11) is 0. The van der Waals surface area contributed by atoms with Gasteiger partial charge < -0.3 is 9.80 Å². The summed E-state index contributed by atoms with van der Waals surface area (Å²) >= 11 is 2.07. The summed E-state index contributed by atoms with van der Waals surface area (Å²) in [4.78, 5) is 5.50. The minimum atomic E-state index is 0.0159. The maximum absolute atomic E-state index is 2.76. The molecule has 13 rings (SSSR count). The molecule has 0 radical (unpaired) electrons. The fourth-order valence-corrected chi connectivity index (χ4v) is 16.3. The van der Waals surface area contributed by atoms with E-state index in [1.165, 1.54) is 164 Å². The van der Waals surface area contributed by atoms with Gasteiger partial charge >= 0.3 is 0 Å². The first-order valence-electron chi connectivity index (χ1n) is 28.3. The van der Waals surface area contributed by atoms with E-state index in [2.05, 4.69) is 246 Å². The van der Waals surface area contributed by atoms with Crippen molar-refractivity contribution in [2.24, 2.45) is 0 Å². The molecule has 0 bridgehead atoms. The Morgan fingerprint density at radius 2 is 0.960 bits per heavy atom. The van der Waals surface area contributed by atoms with Gasteiger partial charge in [-0.2, -0.15) is 0 Å². The Morgan fingerprint density at radius 1 is 0.427 bits per heavy atom. The number of anilines is 6. The van der Waals surface area contributed by atoms with Crippen LogP contribution in [0.5, 0.6) is 0 Å². The monoisotopic (exact) mass is 1000 g/mol. The summed E-state index contributed by atoms with van der Waals surface area (Å²) in [5.74, 6) is 0. The molecule has 0 unspecified atom stereocenters. The summed E-state index contributed by atoms with van der Waals surface area (Å²) in [6, 6.07) is 48.9. The van der Waals surface area contributed by atoms with Crippen LogP contribution >= 0.6 is 11.3 Å². The molecule has 0 saturated heterocycles. The van der Waals surface area contributed by atoms with Crippen LogP contribution in [0.15, 0.2) is 121 Å². The molecule has 0 fully saturated rings. The highest BCUT2D eigenvalue weighted by Gasteiger charge is 2.48. The number of nitrogens with zero attached hydrogens (tertiary/aromatic N) is 2. The molecular weight excluding hydrogens is 924 g/mol. The molecule has 4 heteroatoms. The number of benzene rings is 7. The van der Waals surface area contributed by atoms with Crippen LogP contribution in [-0.4, -0.2) is 6.71 Å². The van der Waals surface area contributed by atoms with Crippen molar-refractivity contribution in [1.82, 2.24) is 0 Å². The number of hydrogen-bond acceptors (Lipinski definition) is 3. The van der Waals surface area contributed by atoms with Gasteiger partial charge in [-0.25, -0.2) is 0 Å². The molecule has 0 N–H and O–H groups in total. The highest BCUT2D eigenvalue weighted by molar-refractivity contribution is 7.33. The van der Waals surface area contributed by atoms with Gasteiger partial charge in [-0.05, 0) is 224 Å². The van der Waals surface area contributed by atoms with Crippen molar-refractivity contribution >= 4 is 78.0 Å². The van der Waals surface area contributed by atoms with Crippen molar-refractivity contribution < 1.29 is 0 Å². The molecule has 5 aliphatic rings. The van der Waals surface area contributed by atoms with E-state index in [1.807, 2.05) is 0 Å². The largest absolute Gasteiger partial charge is 0.311 e. The summed E-state index contributed by atoms with van der Waals surface area (Å²) in [6.45, 7) is 36.7. The average Bonchev–Trinajstić information content (AvgIpc) is 3.75. The van der Waals surface area contributed by atoms with E-state index in [0.29, 0.717) is 0 Å². The molecule has 0 saturated carbocycles. The molecule has 3 heterocycles. The SMILES string of the molecule is Cc1cc2c3c(c1)N(c1ccc4c(c1)C(C)(C)CCC4(C)C)c1c(sc4cc5c(cc14)C(C)(C)CCC5(C)C)B3c1ccc(-c3c(C)cccc3C)cc1N2c1cc2c(cc1-c1ccccc1)C(C)(C)CCC2(C)C. The molecule has 7 aromatic carbocycles. The van der Waals surface area contributed by atoms with Crippen LogP contribution in [0, 0.1) is 20.8 Å². The zero-order valence-electron chi connectivity index (χ0n) is 47.7. The van der Waals surface area contributed by atoms with E-state index in [4.69, 9.17) is 0 Å². The van der Waals surface area contributed by atoms with Gasteiger partial charge in [0.15, 0.2) is 0 Å². The standard InChI is InChI=1S/C71H77BN2S/c1-42-34-59-63-60(35-42)74(57-40-54-52(68(8,9)30-32-70(54,12)13)38-48(57)45-22-17-16-18-23-45)58-36-46(62-43(2)20-19-21-44(62)3)24-27-56(58)72(63)65-64(49-39-53-55(41-61(49)75-65)71(14,15)33-31-69(53,10)11)73(59)47-25-26-50-51(37-47)67(6,7)29-28-66(50,4)5/h16-27,34-41H,28-33H2,1-15H3. The average molecular weight is 1000 g/mol. The van der Waals surface area contributed by atoms with Crippen molar-refractivity contribution in [2.75, 3.05) is 9.80 Å². The lowest BCUT2D eigenvalue weighted by molar-refractivity contribution is 0.332. The van der Waals surface area contributed by atoms with Crippen LogP contribution in [0.4, 0.5) is 34.1 Å². The molecule has 1 aromatic heterocycles. The first kappa shape index (κ1) is 48.8. The van der Waals surface area contributed by atoms with E-state index < -0.39 is 0 Å². The quantitative estimate of drug-likeness (QED) is 0.162. The van der Waals surface area contributed by atoms with Crippen molar-refractivity contribution in [3.63, 3.8) is 0 Å². The van der Waals surface area contributed by atoms with Crippen molar-refractivity contribution in [3.8, 4) is 22.3 Å². The maximum atomic E-state index is 2.76. The first-order chi connectivity index (χ1) is 35.4. The third kappa shape index (κ3) is 7.23. The molecular formula is C71H77BN2S. The van der Waals surface area contributed by atoms with E-state index in [0.717, 1.165) is 6.42 Å². The lowest BCUT2D eigenvalue weighted by Gasteiger charge is -2.46. The Labute approximate surface area is 453 Å². The van der Waals surface area contributed by atoms with Crippen molar-refractivity contribution in [1.29, 1.82) is 0 Å². The van der Waals surface area contributed by atoms with E-state index in [9.17, 15) is 0 Å². The second-order valence-electron chi connectivity index (χ2n) is 27.9. The van der Waals surface area contributed by atoms with Gasteiger partial charge in [-0.1, -0.05) is 150 Å². The number of rotatable bonds is 4. The number of aryl methyl sites for hydroxylation is 3. The molecule has 8 aromatic rings. The summed E-state index contributed by atoms with van der Waals surface area (Å²) in [5.41, 5.74) is 29.1. The Morgan fingerprint density at radius 3 is 1.57 bits per heavy atom. The van der Waals surface area contributed by atoms with Gasteiger partial charge in [0.2, 0.25) is 0 Å². The summed E-state index contributed by atoms with van der Waals surface area (Å²) in [6.07, 6.45) is 7.08. The van der Waals surface area contributed by atoms with E-state index >= 15 is 0 Å². The Balaban J connectivity index is 1.17. The number of fused-ring (bicyclic) bond motifs is 9. The molecule has 0 amide bonds. The summed E-state index contributed by atoms with van der Waals surface area (Å²) < 4.78 is 2.86. The highest BCUT2D eigenvalue weighted by atomic mass is 32.1. The molecule has 75 heavy (non-hydrogen) atoms. The Bertz CT molecular complexity index is 3710. The van der Waals surface area contributed by atoms with Crippen LogP contribution in [0.25, 0.3) is 32.3 Å². The van der Waals surface area contributed by atoms with Gasteiger partial charge in [-0.3, -0.25) is 0 Å². The van der Waals surface area contributed by atoms with Gasteiger partial charge in [0.05, 0.1) is 11.4 Å². The van der Waals surface area contributed by atoms with Gasteiger partial charge in [-0.15, -0.1) is 11.3 Å². The Kier molecular flexibility index (Phi) is 10.5. The number of hydrogen-bond donors (Lipinski definition) is 0. The molecule has 2 aliphatic heterocycles. The van der Waals surface area contributed by atoms with E-state index in [1.54, 1.807) is 0 Å². The Hall–Kier alpha value is -5.84. The molecule has 2 nitrogen and oxygen atoms in total. The number of thiophene rings is 1. The fraction of sp³-hybridized carbons (Fsp3) is 0.380. The second-order valence-corrected chi connectivity index (χ2v) is 29.0. The maximum Gasteiger partial charge on any atom is 0.264 e. The third-order valence-corrected chi connectivity index (χ3v) is 21.1. The highest BCUT2D eigenvalue weighted by Crippen LogP contribution is 2.57. The normalized spacial score (nSPS) is 19.6. The van der Waals surface area contributed by atoms with Crippen molar-refractivity contribution in [2.45, 2.75) is 175 Å². The van der Waals surface area contributed by atoms with Gasteiger partial charge in [0.25, 0.3) is 6.71 Å². The molecule has 380 valence electrons. The van der Waals surface area contributed by atoms with Crippen molar-refractivity contribution in [3.05, 3.63) is 171 Å². The van der Waals surface area contributed by atoms with Gasteiger partial charge in [0, 0.05) is 43.2 Å². The minimum absolute atomic E-state index is 0.0159. The van der Waals surface area contributed by atoms with E-state index in [-0.39, 0.29) is 39.2 Å². The van der Waals surface area contributed by atoms with Gasteiger partial charge in [0.1, 0.15) is 0 Å².